The van der Waals surface area contributed by atoms with Gasteiger partial charge in [0.05, 0.1) is 0 Å². The van der Waals surface area contributed by atoms with Crippen LogP contribution in [0, 0.1) is 0 Å². The predicted molar refractivity (Wildman–Crippen MR) is 98.7 cm³/mol. The summed E-state index contributed by atoms with van der Waals surface area (Å²) < 4.78 is 1.22. The summed E-state index contributed by atoms with van der Waals surface area (Å²) in [5, 5.41) is 3.67. The van der Waals surface area contributed by atoms with Gasteiger partial charge in [0.2, 0.25) is 0 Å². The first-order valence-electron chi connectivity index (χ1n) is 8.65. The number of fused-ring (bicyclic) bond motifs is 2. The second-order valence-electron chi connectivity index (χ2n) is 6.52. The molecule has 1 aromatic carbocycles. The first-order chi connectivity index (χ1) is 11.1. The summed E-state index contributed by atoms with van der Waals surface area (Å²) in [5.74, 6) is 0.116. The zero-order valence-corrected chi connectivity index (χ0v) is 15.5. The van der Waals surface area contributed by atoms with Gasteiger partial charge in [-0.25, -0.2) is 0 Å². The van der Waals surface area contributed by atoms with Gasteiger partial charge in [-0.2, -0.15) is 0 Å². The highest BCUT2D eigenvalue weighted by Gasteiger charge is 2.31. The molecule has 3 nitrogen and oxygen atoms in total. The molecule has 2 atom stereocenters. The molecule has 2 heterocycles. The standard InChI is InChI=1S/C19H25BrN2O/c1-3-22(4-2)19(23)14-7-5-13(6-8-14)18(20)15-11-16-9-10-17(12-15)21-16/h5-8,16-17,21H,3-4,9-12H2,1-2H3. The largest absolute Gasteiger partial charge is 0.339 e. The van der Waals surface area contributed by atoms with Crippen LogP contribution >= 0.6 is 15.9 Å². The molecular weight excluding hydrogens is 352 g/mol. The van der Waals surface area contributed by atoms with Gasteiger partial charge >= 0.3 is 0 Å². The Labute approximate surface area is 147 Å². The van der Waals surface area contributed by atoms with E-state index in [0.29, 0.717) is 12.1 Å². The molecule has 0 aromatic heterocycles. The summed E-state index contributed by atoms with van der Waals surface area (Å²) in [6, 6.07) is 9.34. The maximum atomic E-state index is 12.4. The molecule has 1 aromatic rings. The highest BCUT2D eigenvalue weighted by atomic mass is 79.9. The topological polar surface area (TPSA) is 32.3 Å². The maximum absolute atomic E-state index is 12.4. The van der Waals surface area contributed by atoms with Crippen molar-refractivity contribution in [3.63, 3.8) is 0 Å². The van der Waals surface area contributed by atoms with Gasteiger partial charge in [0, 0.05) is 35.2 Å². The summed E-state index contributed by atoms with van der Waals surface area (Å²) in [5.41, 5.74) is 3.46. The third-order valence-electron chi connectivity index (χ3n) is 5.07. The van der Waals surface area contributed by atoms with E-state index in [4.69, 9.17) is 0 Å². The molecule has 0 spiro atoms. The van der Waals surface area contributed by atoms with Gasteiger partial charge in [-0.05, 0) is 57.2 Å². The molecule has 2 fully saturated rings. The molecule has 1 amide bonds. The van der Waals surface area contributed by atoms with E-state index in [-0.39, 0.29) is 5.91 Å². The van der Waals surface area contributed by atoms with E-state index in [1.54, 1.807) is 0 Å². The van der Waals surface area contributed by atoms with Crippen LogP contribution < -0.4 is 5.32 Å². The maximum Gasteiger partial charge on any atom is 0.253 e. The molecule has 2 saturated heterocycles. The number of carbonyl (C=O) groups excluding carboxylic acids is 1. The monoisotopic (exact) mass is 376 g/mol. The highest BCUT2D eigenvalue weighted by molar-refractivity contribution is 9.15. The molecule has 3 rings (SSSR count). The van der Waals surface area contributed by atoms with Gasteiger partial charge in [-0.3, -0.25) is 4.79 Å². The Bertz CT molecular complexity index is 590. The van der Waals surface area contributed by atoms with E-state index in [1.165, 1.54) is 28.5 Å². The van der Waals surface area contributed by atoms with Crippen LogP contribution in [-0.2, 0) is 0 Å². The zero-order chi connectivity index (χ0) is 16.4. The van der Waals surface area contributed by atoms with Crippen molar-refractivity contribution < 1.29 is 4.79 Å². The first kappa shape index (κ1) is 16.7. The SMILES string of the molecule is CCN(CC)C(=O)c1ccc(C(Br)=C2CC3CCC(C2)N3)cc1. The second kappa shape index (κ2) is 7.18. The summed E-state index contributed by atoms with van der Waals surface area (Å²) in [7, 11) is 0. The lowest BCUT2D eigenvalue weighted by atomic mass is 9.96. The molecule has 2 aliphatic rings. The number of amides is 1. The molecule has 124 valence electrons. The number of benzene rings is 1. The van der Waals surface area contributed by atoms with Crippen LogP contribution in [0.3, 0.4) is 0 Å². The van der Waals surface area contributed by atoms with Crippen molar-refractivity contribution in [1.82, 2.24) is 10.2 Å². The second-order valence-corrected chi connectivity index (χ2v) is 7.31. The van der Waals surface area contributed by atoms with Crippen molar-refractivity contribution in [2.24, 2.45) is 0 Å². The van der Waals surface area contributed by atoms with Gasteiger partial charge < -0.3 is 10.2 Å². The van der Waals surface area contributed by atoms with Crippen LogP contribution in [0.25, 0.3) is 4.48 Å². The summed E-state index contributed by atoms with van der Waals surface area (Å²) in [6.45, 7) is 5.53. The summed E-state index contributed by atoms with van der Waals surface area (Å²) in [4.78, 5) is 14.2. The van der Waals surface area contributed by atoms with E-state index in [1.807, 2.05) is 30.9 Å². The zero-order valence-electron chi connectivity index (χ0n) is 13.9. The average Bonchev–Trinajstić information content (AvgIpc) is 2.93. The molecule has 0 aliphatic carbocycles. The van der Waals surface area contributed by atoms with Gasteiger partial charge in [0.1, 0.15) is 0 Å². The van der Waals surface area contributed by atoms with Crippen molar-refractivity contribution in [1.29, 1.82) is 0 Å². The fraction of sp³-hybridized carbons (Fsp3) is 0.526. The number of carbonyl (C=O) groups is 1. The van der Waals surface area contributed by atoms with E-state index in [9.17, 15) is 4.79 Å². The number of nitrogens with zero attached hydrogens (tertiary/aromatic N) is 1. The lowest BCUT2D eigenvalue weighted by Crippen LogP contribution is -2.34. The number of rotatable bonds is 4. The minimum atomic E-state index is 0.116. The van der Waals surface area contributed by atoms with Crippen molar-refractivity contribution in [2.75, 3.05) is 13.1 Å². The summed E-state index contributed by atoms with van der Waals surface area (Å²) in [6.07, 6.45) is 4.87. The van der Waals surface area contributed by atoms with Crippen LogP contribution in [0.4, 0.5) is 0 Å². The minimum absolute atomic E-state index is 0.116. The Hall–Kier alpha value is -1.13. The van der Waals surface area contributed by atoms with Gasteiger partial charge in [-0.1, -0.05) is 33.6 Å². The highest BCUT2D eigenvalue weighted by Crippen LogP contribution is 2.37. The van der Waals surface area contributed by atoms with Crippen LogP contribution in [0.1, 0.15) is 55.5 Å². The van der Waals surface area contributed by atoms with Crippen LogP contribution in [0.2, 0.25) is 0 Å². The van der Waals surface area contributed by atoms with Crippen LogP contribution in [0.5, 0.6) is 0 Å². The Morgan fingerprint density at radius 1 is 1.09 bits per heavy atom. The molecule has 0 radical (unpaired) electrons. The summed E-state index contributed by atoms with van der Waals surface area (Å²) >= 11 is 3.80. The molecule has 2 unspecified atom stereocenters. The fourth-order valence-corrected chi connectivity index (χ4v) is 4.33. The minimum Gasteiger partial charge on any atom is -0.339 e. The lowest BCUT2D eigenvalue weighted by molar-refractivity contribution is 0.0773. The molecule has 0 saturated carbocycles. The predicted octanol–water partition coefficient (Wildman–Crippen LogP) is 4.19. The Balaban J connectivity index is 1.78. The van der Waals surface area contributed by atoms with E-state index in [0.717, 1.165) is 31.5 Å². The van der Waals surface area contributed by atoms with E-state index < -0.39 is 0 Å². The van der Waals surface area contributed by atoms with Crippen molar-refractivity contribution in [3.05, 3.63) is 41.0 Å². The molecule has 2 bridgehead atoms. The smallest absolute Gasteiger partial charge is 0.253 e. The van der Waals surface area contributed by atoms with Crippen molar-refractivity contribution in [2.45, 2.75) is 51.6 Å². The normalized spacial score (nSPS) is 23.0. The Kier molecular flexibility index (Phi) is 5.22. The molecule has 1 N–H and O–H groups in total. The average molecular weight is 377 g/mol. The van der Waals surface area contributed by atoms with Crippen molar-refractivity contribution in [3.8, 4) is 0 Å². The van der Waals surface area contributed by atoms with E-state index >= 15 is 0 Å². The van der Waals surface area contributed by atoms with Crippen LogP contribution in [0.15, 0.2) is 29.8 Å². The number of hydrogen-bond acceptors (Lipinski definition) is 2. The van der Waals surface area contributed by atoms with Gasteiger partial charge in [-0.15, -0.1) is 0 Å². The number of halogens is 1. The van der Waals surface area contributed by atoms with Crippen molar-refractivity contribution >= 4 is 26.3 Å². The Morgan fingerprint density at radius 3 is 2.13 bits per heavy atom. The van der Waals surface area contributed by atoms with Crippen LogP contribution in [-0.4, -0.2) is 36.0 Å². The molecule has 2 aliphatic heterocycles. The molecular formula is C19H25BrN2O. The Morgan fingerprint density at radius 2 is 1.61 bits per heavy atom. The third-order valence-corrected chi connectivity index (χ3v) is 6.09. The lowest BCUT2D eigenvalue weighted by Gasteiger charge is -2.25. The number of hydrogen-bond donors (Lipinski definition) is 1. The number of nitrogens with one attached hydrogen (secondary N) is 1. The first-order valence-corrected chi connectivity index (χ1v) is 9.45. The van der Waals surface area contributed by atoms with Gasteiger partial charge in [0.15, 0.2) is 0 Å². The quantitative estimate of drug-likeness (QED) is 0.854. The van der Waals surface area contributed by atoms with Gasteiger partial charge in [0.25, 0.3) is 5.91 Å². The molecule has 4 heteroatoms. The molecule has 23 heavy (non-hydrogen) atoms. The third kappa shape index (κ3) is 3.53. The fourth-order valence-electron chi connectivity index (χ4n) is 3.74. The van der Waals surface area contributed by atoms with E-state index in [2.05, 4.69) is 33.4 Å². The number of piperidine rings is 1.